The van der Waals surface area contributed by atoms with Crippen molar-refractivity contribution in [1.82, 2.24) is 9.80 Å². The maximum atomic E-state index is 14.5. The van der Waals surface area contributed by atoms with Crippen LogP contribution in [0.2, 0.25) is 0 Å². The summed E-state index contributed by atoms with van der Waals surface area (Å²) in [4.78, 5) is 48.3. The Morgan fingerprint density at radius 2 is 1.64 bits per heavy atom. The van der Waals surface area contributed by atoms with E-state index in [1.165, 1.54) is 0 Å². The molecule has 5 atom stereocenters. The first-order valence-electron chi connectivity index (χ1n) is 14.6. The van der Waals surface area contributed by atoms with Crippen LogP contribution in [0.1, 0.15) is 25.3 Å². The lowest BCUT2D eigenvalue weighted by Gasteiger charge is -2.37. The van der Waals surface area contributed by atoms with Crippen LogP contribution in [-0.4, -0.2) is 83.2 Å². The van der Waals surface area contributed by atoms with Gasteiger partial charge in [-0.3, -0.25) is 14.4 Å². The predicted octanol–water partition coefficient (Wildman–Crippen LogP) is 2.94. The van der Waals surface area contributed by atoms with E-state index in [0.717, 1.165) is 5.56 Å². The summed E-state index contributed by atoms with van der Waals surface area (Å²) in [7, 11) is 1.59. The maximum Gasteiger partial charge on any atom is 0.253 e. The summed E-state index contributed by atoms with van der Waals surface area (Å²) in [6, 6.07) is 16.1. The van der Waals surface area contributed by atoms with Gasteiger partial charge in [-0.05, 0) is 49.6 Å². The smallest absolute Gasteiger partial charge is 0.253 e. The molecule has 2 fully saturated rings. The Morgan fingerprint density at radius 1 is 0.905 bits per heavy atom. The van der Waals surface area contributed by atoms with Gasteiger partial charge in [0, 0.05) is 38.5 Å². The average molecular weight is 572 g/mol. The first-order chi connectivity index (χ1) is 20.3. The van der Waals surface area contributed by atoms with Crippen LogP contribution < -0.4 is 9.64 Å². The summed E-state index contributed by atoms with van der Waals surface area (Å²) < 4.78 is 12.2. The monoisotopic (exact) mass is 571 g/mol. The lowest BCUT2D eigenvalue weighted by Crippen LogP contribution is -2.56. The van der Waals surface area contributed by atoms with E-state index in [0.29, 0.717) is 43.9 Å². The minimum atomic E-state index is -1.32. The molecule has 4 heterocycles. The molecule has 2 aromatic rings. The molecule has 9 heteroatoms. The molecule has 2 aromatic carbocycles. The number of amides is 3. The SMILES string of the molecule is COc1ccc(N2CC=C[C@]34O[C@@]5(C)C=CCN(Cc6ccccc6)C(=O)[C@H]5[C@H]3C(=O)N(CCCCO)C4C2=O)cc1. The number of hydrogen-bond donors (Lipinski definition) is 1. The lowest BCUT2D eigenvalue weighted by atomic mass is 9.74. The highest BCUT2D eigenvalue weighted by atomic mass is 16.5. The first kappa shape index (κ1) is 28.2. The summed E-state index contributed by atoms with van der Waals surface area (Å²) in [6.45, 7) is 3.24. The second kappa shape index (κ2) is 11.0. The Bertz CT molecular complexity index is 1410. The van der Waals surface area contributed by atoms with Crippen molar-refractivity contribution < 1.29 is 29.0 Å². The zero-order chi connectivity index (χ0) is 29.5. The average Bonchev–Trinajstić information content (AvgIpc) is 3.26. The van der Waals surface area contributed by atoms with Crippen LogP contribution in [0.25, 0.3) is 0 Å². The number of benzene rings is 2. The zero-order valence-electron chi connectivity index (χ0n) is 24.0. The largest absolute Gasteiger partial charge is 0.497 e. The number of aliphatic hydroxyl groups is 1. The number of ether oxygens (including phenoxy) is 2. The lowest BCUT2D eigenvalue weighted by molar-refractivity contribution is -0.148. The molecule has 42 heavy (non-hydrogen) atoms. The van der Waals surface area contributed by atoms with Crippen molar-refractivity contribution in [3.63, 3.8) is 0 Å². The normalized spacial score (nSPS) is 30.2. The number of nitrogens with zero attached hydrogens (tertiary/aromatic N) is 3. The van der Waals surface area contributed by atoms with Gasteiger partial charge in [0.25, 0.3) is 5.91 Å². The molecule has 1 unspecified atom stereocenters. The summed E-state index contributed by atoms with van der Waals surface area (Å²) in [5, 5.41) is 9.45. The zero-order valence-corrected chi connectivity index (χ0v) is 24.0. The molecule has 1 N–H and O–H groups in total. The fourth-order valence-corrected chi connectivity index (χ4v) is 7.15. The third-order valence-electron chi connectivity index (χ3n) is 9.05. The molecule has 2 saturated heterocycles. The number of rotatable bonds is 8. The molecular formula is C33H37N3O6. The molecule has 9 nitrogen and oxygen atoms in total. The molecule has 0 bridgehead atoms. The van der Waals surface area contributed by atoms with Gasteiger partial charge in [0.15, 0.2) is 0 Å². The number of carbonyl (C=O) groups is 3. The fourth-order valence-electron chi connectivity index (χ4n) is 7.15. The Hall–Kier alpha value is -3.95. The quantitative estimate of drug-likeness (QED) is 0.387. The van der Waals surface area contributed by atoms with Crippen molar-refractivity contribution in [2.45, 2.75) is 43.6 Å². The van der Waals surface area contributed by atoms with Crippen LogP contribution in [-0.2, 0) is 25.7 Å². The van der Waals surface area contributed by atoms with Crippen molar-refractivity contribution in [3.05, 3.63) is 84.5 Å². The molecular weight excluding hydrogens is 534 g/mol. The molecule has 3 amide bonds. The Kier molecular flexibility index (Phi) is 7.41. The van der Waals surface area contributed by atoms with Crippen molar-refractivity contribution in [1.29, 1.82) is 0 Å². The molecule has 1 spiro atoms. The van der Waals surface area contributed by atoms with E-state index in [9.17, 15) is 19.5 Å². The minimum Gasteiger partial charge on any atom is -0.497 e. The van der Waals surface area contributed by atoms with Crippen LogP contribution >= 0.6 is 0 Å². The standard InChI is InChI=1S/C33H37N3O6/c1-32-16-8-18-34(22-23-10-4-3-5-11-23)29(38)26(32)27-30(39)36(19-6-7-21-37)28-31(40)35(20-9-17-33(27,28)42-32)24-12-14-25(41-2)15-13-24/h3-5,8-17,26-28,37H,6-7,18-22H2,1-2H3/t26-,27+,28?,32+,33+/m1/s1. The number of methoxy groups -OCH3 is 1. The van der Waals surface area contributed by atoms with Crippen molar-refractivity contribution >= 4 is 23.4 Å². The van der Waals surface area contributed by atoms with E-state index < -0.39 is 29.1 Å². The van der Waals surface area contributed by atoms with Gasteiger partial charge in [0.05, 0.1) is 24.5 Å². The van der Waals surface area contributed by atoms with Crippen molar-refractivity contribution in [3.8, 4) is 5.75 Å². The third kappa shape index (κ3) is 4.51. The van der Waals surface area contributed by atoms with E-state index in [-0.39, 0.29) is 30.9 Å². The van der Waals surface area contributed by atoms with Crippen LogP contribution in [0.15, 0.2) is 78.9 Å². The molecule has 0 saturated carbocycles. The van der Waals surface area contributed by atoms with Gasteiger partial charge >= 0.3 is 0 Å². The number of aliphatic hydroxyl groups excluding tert-OH is 1. The number of carbonyl (C=O) groups excluding carboxylic acids is 3. The molecule has 220 valence electrons. The van der Waals surface area contributed by atoms with E-state index in [1.54, 1.807) is 33.9 Å². The Balaban J connectivity index is 1.40. The maximum absolute atomic E-state index is 14.5. The Labute approximate surface area is 246 Å². The fraction of sp³-hybridized carbons (Fsp3) is 0.424. The van der Waals surface area contributed by atoms with Crippen LogP contribution in [0.3, 0.4) is 0 Å². The number of fused-ring (bicyclic) bond motifs is 2. The van der Waals surface area contributed by atoms with Crippen LogP contribution in [0, 0.1) is 11.8 Å². The predicted molar refractivity (Wildman–Crippen MR) is 157 cm³/mol. The molecule has 0 aromatic heterocycles. The summed E-state index contributed by atoms with van der Waals surface area (Å²) >= 11 is 0. The van der Waals surface area contributed by atoms with Crippen LogP contribution in [0.5, 0.6) is 5.75 Å². The summed E-state index contributed by atoms with van der Waals surface area (Å²) in [6.07, 6.45) is 8.59. The van der Waals surface area contributed by atoms with Crippen LogP contribution in [0.4, 0.5) is 5.69 Å². The minimum absolute atomic E-state index is 0.0119. The number of hydrogen-bond acceptors (Lipinski definition) is 6. The number of anilines is 1. The van der Waals surface area contributed by atoms with E-state index in [1.807, 2.05) is 73.7 Å². The van der Waals surface area contributed by atoms with Gasteiger partial charge in [-0.2, -0.15) is 0 Å². The number of likely N-dealkylation sites (tertiary alicyclic amines) is 1. The van der Waals surface area contributed by atoms with E-state index in [2.05, 4.69) is 0 Å². The van der Waals surface area contributed by atoms with Crippen molar-refractivity contribution in [2.75, 3.05) is 38.3 Å². The van der Waals surface area contributed by atoms with Gasteiger partial charge < -0.3 is 29.3 Å². The highest BCUT2D eigenvalue weighted by Gasteiger charge is 2.74. The Morgan fingerprint density at radius 3 is 2.36 bits per heavy atom. The molecule has 6 rings (SSSR count). The molecule has 0 aliphatic carbocycles. The van der Waals surface area contributed by atoms with Gasteiger partial charge in [0.2, 0.25) is 11.8 Å². The molecule has 0 radical (unpaired) electrons. The van der Waals surface area contributed by atoms with E-state index >= 15 is 0 Å². The first-order valence-corrected chi connectivity index (χ1v) is 14.6. The topological polar surface area (TPSA) is 99.6 Å². The van der Waals surface area contributed by atoms with Gasteiger partial charge in [0.1, 0.15) is 17.4 Å². The summed E-state index contributed by atoms with van der Waals surface area (Å²) in [5.41, 5.74) is -0.711. The van der Waals surface area contributed by atoms with Gasteiger partial charge in [-0.25, -0.2) is 0 Å². The summed E-state index contributed by atoms with van der Waals surface area (Å²) in [5.74, 6) is -1.68. The number of unbranched alkanes of at least 4 members (excludes halogenated alkanes) is 1. The second-order valence-corrected chi connectivity index (χ2v) is 11.6. The highest BCUT2D eigenvalue weighted by molar-refractivity contribution is 6.06. The third-order valence-corrected chi connectivity index (χ3v) is 9.05. The van der Waals surface area contributed by atoms with E-state index in [4.69, 9.17) is 9.47 Å². The highest BCUT2D eigenvalue weighted by Crippen LogP contribution is 2.57. The van der Waals surface area contributed by atoms with Gasteiger partial charge in [-0.1, -0.05) is 54.6 Å². The molecule has 4 aliphatic heterocycles. The van der Waals surface area contributed by atoms with Crippen molar-refractivity contribution in [2.24, 2.45) is 11.8 Å². The second-order valence-electron chi connectivity index (χ2n) is 11.6. The van der Waals surface area contributed by atoms with Gasteiger partial charge in [-0.15, -0.1) is 0 Å². The molecule has 4 aliphatic rings.